The van der Waals surface area contributed by atoms with E-state index in [1.807, 2.05) is 20.8 Å². The summed E-state index contributed by atoms with van der Waals surface area (Å²) < 4.78 is 24.0. The molecule has 0 spiro atoms. The van der Waals surface area contributed by atoms with Crippen LogP contribution < -0.4 is 15.5 Å². The van der Waals surface area contributed by atoms with E-state index in [1.165, 1.54) is 5.56 Å². The van der Waals surface area contributed by atoms with E-state index in [1.54, 1.807) is 0 Å². The number of fused-ring (bicyclic) bond motifs is 2. The van der Waals surface area contributed by atoms with Crippen molar-refractivity contribution in [2.75, 3.05) is 26.2 Å². The number of nitrogens with one attached hydrogen (secondary N) is 1. The van der Waals surface area contributed by atoms with Gasteiger partial charge in [0.15, 0.2) is 0 Å². The second kappa shape index (κ2) is 8.14. The number of hydrogen-bond acceptors (Lipinski definition) is 6. The van der Waals surface area contributed by atoms with Crippen LogP contribution in [0.3, 0.4) is 0 Å². The monoisotopic (exact) mass is 470 g/mol. The maximum atomic E-state index is 11.9. The van der Waals surface area contributed by atoms with Crippen molar-refractivity contribution >= 4 is 18.7 Å². The second-order valence-corrected chi connectivity index (χ2v) is 12.5. The summed E-state index contributed by atoms with van der Waals surface area (Å²) in [4.78, 5) is 14.5. The zero-order chi connectivity index (χ0) is 24.5. The smallest absolute Gasteiger partial charge is 0.492 e. The average Bonchev–Trinajstić information content (AvgIpc) is 3.06. The second-order valence-electron chi connectivity index (χ2n) is 12.5. The number of likely N-dealkylation sites (tertiary alicyclic amines) is 1. The van der Waals surface area contributed by atoms with Gasteiger partial charge in [-0.3, -0.25) is 4.90 Å². The van der Waals surface area contributed by atoms with E-state index in [2.05, 4.69) is 56.1 Å². The fourth-order valence-corrected chi connectivity index (χ4v) is 5.53. The van der Waals surface area contributed by atoms with Crippen LogP contribution in [0.25, 0.3) is 0 Å². The summed E-state index contributed by atoms with van der Waals surface area (Å²) >= 11 is 0. The van der Waals surface area contributed by atoms with E-state index < -0.39 is 5.60 Å². The van der Waals surface area contributed by atoms with Gasteiger partial charge in [0.05, 0.1) is 11.2 Å². The number of rotatable bonds is 4. The third kappa shape index (κ3) is 4.57. The fraction of sp³-hybridized carbons (Fsp3) is 0.731. The number of ether oxygens (including phenoxy) is 2. The molecule has 0 bridgehead atoms. The van der Waals surface area contributed by atoms with Crippen molar-refractivity contribution in [2.24, 2.45) is 17.8 Å². The summed E-state index contributed by atoms with van der Waals surface area (Å²) in [6.45, 7) is 17.6. The molecule has 5 rings (SSSR count). The van der Waals surface area contributed by atoms with Crippen LogP contribution >= 0.6 is 0 Å². The highest BCUT2D eigenvalue weighted by Crippen LogP contribution is 2.52. The van der Waals surface area contributed by atoms with Crippen LogP contribution in [-0.2, 0) is 20.5 Å². The van der Waals surface area contributed by atoms with Gasteiger partial charge in [0, 0.05) is 25.7 Å². The number of nitrogens with zero attached hydrogens (tertiary/aromatic N) is 1. The van der Waals surface area contributed by atoms with Crippen molar-refractivity contribution in [1.82, 2.24) is 10.2 Å². The molecule has 8 heteroatoms. The van der Waals surface area contributed by atoms with Crippen LogP contribution in [0.4, 0.5) is 4.79 Å². The molecule has 186 valence electrons. The third-order valence-corrected chi connectivity index (χ3v) is 8.30. The normalized spacial score (nSPS) is 31.4. The summed E-state index contributed by atoms with van der Waals surface area (Å²) in [5.41, 5.74) is 1.11. The molecule has 3 aliphatic heterocycles. The van der Waals surface area contributed by atoms with Crippen molar-refractivity contribution in [3.05, 3.63) is 23.8 Å². The molecule has 34 heavy (non-hydrogen) atoms. The van der Waals surface area contributed by atoms with E-state index >= 15 is 0 Å². The first kappa shape index (κ1) is 24.0. The largest absolute Gasteiger partial charge is 0.494 e. The molecule has 1 amide bonds. The molecule has 3 fully saturated rings. The molecule has 0 radical (unpaired) electrons. The van der Waals surface area contributed by atoms with Crippen molar-refractivity contribution < 1.29 is 23.6 Å². The highest BCUT2D eigenvalue weighted by Gasteiger charge is 2.56. The Bertz CT molecular complexity index is 931. The number of piperidine rings is 1. The topological polar surface area (TPSA) is 69.3 Å². The van der Waals surface area contributed by atoms with E-state index in [9.17, 15) is 4.79 Å². The van der Waals surface area contributed by atoms with Crippen LogP contribution in [-0.4, -0.2) is 67.2 Å². The lowest BCUT2D eigenvalue weighted by molar-refractivity contribution is 0.00578. The van der Waals surface area contributed by atoms with Crippen molar-refractivity contribution in [3.63, 3.8) is 0 Å². The van der Waals surface area contributed by atoms with Crippen LogP contribution in [0.1, 0.15) is 54.0 Å². The molecule has 3 atom stereocenters. The van der Waals surface area contributed by atoms with Crippen LogP contribution in [0, 0.1) is 17.8 Å². The maximum Gasteiger partial charge on any atom is 0.494 e. The van der Waals surface area contributed by atoms with Gasteiger partial charge in [-0.15, -0.1) is 0 Å². The maximum absolute atomic E-state index is 11.9. The van der Waals surface area contributed by atoms with Gasteiger partial charge in [-0.1, -0.05) is 12.1 Å². The minimum absolute atomic E-state index is 0.313. The number of amides is 1. The Morgan fingerprint density at radius 3 is 2.41 bits per heavy atom. The molecule has 4 aliphatic rings. The van der Waals surface area contributed by atoms with Crippen molar-refractivity contribution in [1.29, 1.82) is 0 Å². The van der Waals surface area contributed by atoms with E-state index in [0.29, 0.717) is 36.9 Å². The molecule has 1 aliphatic carbocycles. The van der Waals surface area contributed by atoms with E-state index in [4.69, 9.17) is 18.8 Å². The van der Waals surface area contributed by atoms with Gasteiger partial charge in [-0.2, -0.15) is 0 Å². The van der Waals surface area contributed by atoms with Gasteiger partial charge >= 0.3 is 13.2 Å². The molecular weight excluding hydrogens is 431 g/mol. The Labute approximate surface area is 204 Å². The summed E-state index contributed by atoms with van der Waals surface area (Å²) in [6.07, 6.45) is 0.686. The quantitative estimate of drug-likeness (QED) is 0.683. The molecule has 3 heterocycles. The summed E-state index contributed by atoms with van der Waals surface area (Å²) in [7, 11) is -0.367. The molecule has 2 saturated heterocycles. The predicted octanol–water partition coefficient (Wildman–Crippen LogP) is 2.99. The van der Waals surface area contributed by atoms with Gasteiger partial charge in [0.1, 0.15) is 18.0 Å². The number of carbonyl (C=O) groups is 1. The lowest BCUT2D eigenvalue weighted by atomic mass is 9.78. The van der Waals surface area contributed by atoms with Gasteiger partial charge < -0.3 is 24.1 Å². The van der Waals surface area contributed by atoms with Gasteiger partial charge in [-0.25, -0.2) is 4.79 Å². The molecule has 3 unspecified atom stereocenters. The minimum Gasteiger partial charge on any atom is -0.492 e. The third-order valence-electron chi connectivity index (χ3n) is 8.30. The summed E-state index contributed by atoms with van der Waals surface area (Å²) in [5.74, 6) is 2.86. The minimum atomic E-state index is -0.456. The van der Waals surface area contributed by atoms with Gasteiger partial charge in [0.25, 0.3) is 0 Å². The number of benzene rings is 1. The molecule has 0 aromatic heterocycles. The lowest BCUT2D eigenvalue weighted by Gasteiger charge is -2.34. The molecule has 1 N–H and O–H groups in total. The van der Waals surface area contributed by atoms with Crippen molar-refractivity contribution in [2.45, 2.75) is 77.7 Å². The first-order valence-electron chi connectivity index (χ1n) is 12.7. The highest BCUT2D eigenvalue weighted by atomic mass is 16.7. The first-order chi connectivity index (χ1) is 15.8. The first-order valence-corrected chi connectivity index (χ1v) is 12.7. The predicted molar refractivity (Wildman–Crippen MR) is 131 cm³/mol. The standard InChI is InChI=1S/C26H39BN2O5/c1-24(2,3)32-23(30)28-12-19-20-13-29(14-21(19)20)18-10-16-8-9-17(11-22(16)31-15-18)27-33-25(4,5)26(6,7)34-27/h8-9,11,18-21H,10,12-15H2,1-7H3,(H,28,30). The molecule has 1 saturated carbocycles. The van der Waals surface area contributed by atoms with E-state index in [0.717, 1.165) is 30.7 Å². The molecular formula is C26H39BN2O5. The number of hydrogen-bond donors (Lipinski definition) is 1. The fourth-order valence-electron chi connectivity index (χ4n) is 5.53. The zero-order valence-corrected chi connectivity index (χ0v) is 21.6. The van der Waals surface area contributed by atoms with Crippen LogP contribution in [0.5, 0.6) is 5.75 Å². The Balaban J connectivity index is 1.12. The Hall–Kier alpha value is -1.77. The highest BCUT2D eigenvalue weighted by molar-refractivity contribution is 6.62. The van der Waals surface area contributed by atoms with Crippen LogP contribution in [0.2, 0.25) is 0 Å². The van der Waals surface area contributed by atoms with Crippen LogP contribution in [0.15, 0.2) is 18.2 Å². The lowest BCUT2D eigenvalue weighted by Crippen LogP contribution is -2.44. The Morgan fingerprint density at radius 2 is 1.79 bits per heavy atom. The number of alkyl carbamates (subject to hydrolysis) is 1. The molecule has 7 nitrogen and oxygen atoms in total. The summed E-state index contributed by atoms with van der Waals surface area (Å²) in [5, 5.41) is 2.95. The van der Waals surface area contributed by atoms with Crippen molar-refractivity contribution in [3.8, 4) is 5.75 Å². The Morgan fingerprint density at radius 1 is 1.15 bits per heavy atom. The van der Waals surface area contributed by atoms with Gasteiger partial charge in [-0.05, 0) is 89.7 Å². The van der Waals surface area contributed by atoms with Gasteiger partial charge in [0.2, 0.25) is 0 Å². The summed E-state index contributed by atoms with van der Waals surface area (Å²) in [6, 6.07) is 6.79. The molecule has 1 aromatic rings. The zero-order valence-electron chi connectivity index (χ0n) is 21.6. The number of carbonyl (C=O) groups excluding carboxylic acids is 1. The molecule has 1 aromatic carbocycles. The SMILES string of the molecule is CC(C)(C)OC(=O)NCC1C2CN(C3COc4cc(B5OC(C)(C)C(C)(C)O5)ccc4C3)CC12. The Kier molecular flexibility index (Phi) is 5.73. The van der Waals surface area contributed by atoms with E-state index in [-0.39, 0.29) is 24.4 Å². The average molecular weight is 470 g/mol.